The molecule has 0 amide bonds. The molecule has 1 heterocycles. The van der Waals surface area contributed by atoms with Crippen molar-refractivity contribution < 1.29 is 8.50 Å². The largest absolute Gasteiger partial charge is 0.228 e. The molecule has 0 fully saturated rings. The van der Waals surface area contributed by atoms with Crippen molar-refractivity contribution in [3.8, 4) is 0 Å². The van der Waals surface area contributed by atoms with Crippen LogP contribution in [0.1, 0.15) is 9.68 Å². The van der Waals surface area contributed by atoms with Crippen LogP contribution in [0.5, 0.6) is 0 Å². The zero-order valence-corrected chi connectivity index (χ0v) is 5.94. The summed E-state index contributed by atoms with van der Waals surface area (Å²) in [5.41, 5.74) is 0.0175. The highest BCUT2D eigenvalue weighted by atomic mass is 79.9. The van der Waals surface area contributed by atoms with Crippen LogP contribution in [0.3, 0.4) is 0 Å². The maximum Gasteiger partial charge on any atom is 0.213 e. The van der Waals surface area contributed by atoms with Gasteiger partial charge in [0.1, 0.15) is 0 Å². The second-order valence-corrected chi connectivity index (χ2v) is 2.34. The normalized spacial score (nSPS) is 16.0. The highest BCUT2D eigenvalue weighted by Crippen LogP contribution is 2.13. The first kappa shape index (κ1) is 3.66. The zero-order valence-electron chi connectivity index (χ0n) is 7.36. The molecule has 0 aliphatic heterocycles. The van der Waals surface area contributed by atoms with Crippen molar-refractivity contribution in [3.05, 3.63) is 28.2 Å². The Bertz CT molecular complexity index is 299. The van der Waals surface area contributed by atoms with Crippen molar-refractivity contribution in [2.45, 2.75) is 6.85 Å². The van der Waals surface area contributed by atoms with Crippen molar-refractivity contribution in [2.24, 2.45) is 0 Å². The van der Waals surface area contributed by atoms with Gasteiger partial charge >= 0.3 is 0 Å². The fraction of sp³-hybridized carbons (Fsp3) is 0.167. The molecule has 0 bridgehead atoms. The average molecular weight is 193 g/mol. The molecule has 1 aromatic rings. The minimum absolute atomic E-state index is 0.0175. The van der Waals surface area contributed by atoms with Crippen LogP contribution in [-0.2, 0) is 0 Å². The van der Waals surface area contributed by atoms with Gasteiger partial charge in [-0.1, -0.05) is 15.9 Å². The molecule has 0 saturated heterocycles. The summed E-state index contributed by atoms with van der Waals surface area (Å²) in [5.74, 6) is -0.699. The van der Waals surface area contributed by atoms with Crippen molar-refractivity contribution in [1.29, 1.82) is 0 Å². The second-order valence-electron chi connectivity index (χ2n) is 1.49. The van der Waals surface area contributed by atoms with Gasteiger partial charge < -0.3 is 0 Å². The summed E-state index contributed by atoms with van der Waals surface area (Å²) in [6.07, 6.45) is 1.01. The summed E-state index contributed by atoms with van der Waals surface area (Å²) >= 11 is 2.94. The number of hydrogen-bond acceptors (Lipinski definition) is 1. The molecule has 0 spiro atoms. The van der Waals surface area contributed by atoms with E-state index in [9.17, 15) is 4.39 Å². The van der Waals surface area contributed by atoms with Gasteiger partial charge in [-0.25, -0.2) is 4.98 Å². The van der Waals surface area contributed by atoms with Gasteiger partial charge in [-0.2, -0.15) is 4.39 Å². The van der Waals surface area contributed by atoms with Crippen LogP contribution in [0.25, 0.3) is 0 Å². The minimum atomic E-state index is -2.25. The third-order valence-corrected chi connectivity index (χ3v) is 1.48. The SMILES string of the molecule is [2H]C([2H])([2H])c1cnc(F)cc1Br. The summed E-state index contributed by atoms with van der Waals surface area (Å²) in [4.78, 5) is 3.25. The molecule has 9 heavy (non-hydrogen) atoms. The van der Waals surface area contributed by atoms with Gasteiger partial charge in [0, 0.05) is 20.8 Å². The third kappa shape index (κ3) is 1.48. The van der Waals surface area contributed by atoms with Gasteiger partial charge in [-0.05, 0) is 12.4 Å². The lowest BCUT2D eigenvalue weighted by molar-refractivity contribution is 0.582. The fourth-order valence-corrected chi connectivity index (χ4v) is 0.699. The molecule has 0 aliphatic rings. The van der Waals surface area contributed by atoms with E-state index in [1.807, 2.05) is 0 Å². The number of aryl methyl sites for hydroxylation is 1. The first-order valence-corrected chi connectivity index (χ1v) is 3.02. The number of hydrogen-bond donors (Lipinski definition) is 0. The van der Waals surface area contributed by atoms with E-state index in [0.29, 0.717) is 0 Å². The smallest absolute Gasteiger partial charge is 0.213 e. The van der Waals surface area contributed by atoms with Crippen molar-refractivity contribution >= 4 is 15.9 Å². The van der Waals surface area contributed by atoms with Crippen LogP contribution in [0.4, 0.5) is 4.39 Å². The van der Waals surface area contributed by atoms with E-state index < -0.39 is 12.8 Å². The van der Waals surface area contributed by atoms with Crippen LogP contribution in [0.15, 0.2) is 16.7 Å². The Kier molecular flexibility index (Phi) is 0.990. The topological polar surface area (TPSA) is 12.9 Å². The molecule has 1 nitrogen and oxygen atoms in total. The Balaban J connectivity index is 3.19. The Hall–Kier alpha value is -0.440. The van der Waals surface area contributed by atoms with Gasteiger partial charge in [-0.3, -0.25) is 0 Å². The van der Waals surface area contributed by atoms with Crippen LogP contribution in [-0.4, -0.2) is 4.98 Å². The molecule has 0 saturated carbocycles. The first-order valence-electron chi connectivity index (χ1n) is 3.73. The number of rotatable bonds is 0. The standard InChI is InChI=1S/C6H5BrFN/c1-4-3-9-6(8)2-5(4)7/h2-3H,1H3/i1D3. The van der Waals surface area contributed by atoms with Gasteiger partial charge in [0.25, 0.3) is 0 Å². The van der Waals surface area contributed by atoms with E-state index >= 15 is 0 Å². The molecule has 0 aliphatic carbocycles. The highest BCUT2D eigenvalue weighted by Gasteiger charge is 1.95. The highest BCUT2D eigenvalue weighted by molar-refractivity contribution is 9.10. The summed E-state index contributed by atoms with van der Waals surface area (Å²) < 4.78 is 33.7. The zero-order chi connectivity index (χ0) is 9.35. The van der Waals surface area contributed by atoms with E-state index in [0.717, 1.165) is 12.3 Å². The molecule has 3 heteroatoms. The Morgan fingerprint density at radius 1 is 1.89 bits per heavy atom. The van der Waals surface area contributed by atoms with Gasteiger partial charge in [-0.15, -0.1) is 0 Å². The molecular weight excluding hydrogens is 185 g/mol. The number of pyridine rings is 1. The molecule has 0 unspecified atom stereocenters. The van der Waals surface area contributed by atoms with E-state index in [1.165, 1.54) is 0 Å². The minimum Gasteiger partial charge on any atom is -0.228 e. The summed E-state index contributed by atoms with van der Waals surface area (Å²) in [5, 5.41) is 0. The van der Waals surface area contributed by atoms with Crippen LogP contribution >= 0.6 is 15.9 Å². The van der Waals surface area contributed by atoms with Gasteiger partial charge in [0.2, 0.25) is 5.95 Å². The third-order valence-electron chi connectivity index (χ3n) is 0.820. The summed E-state index contributed by atoms with van der Waals surface area (Å²) in [7, 11) is 0. The Labute approximate surface area is 65.3 Å². The van der Waals surface area contributed by atoms with Crippen LogP contribution in [0.2, 0.25) is 0 Å². The molecule has 48 valence electrons. The molecule has 0 atom stereocenters. The monoisotopic (exact) mass is 192 g/mol. The lowest BCUT2D eigenvalue weighted by atomic mass is 10.3. The molecule has 1 aromatic heterocycles. The quantitative estimate of drug-likeness (QED) is 0.576. The predicted octanol–water partition coefficient (Wildman–Crippen LogP) is 2.29. The Morgan fingerprint density at radius 3 is 3.22 bits per heavy atom. The van der Waals surface area contributed by atoms with E-state index in [-0.39, 0.29) is 10.0 Å². The number of nitrogens with zero attached hydrogens (tertiary/aromatic N) is 1. The van der Waals surface area contributed by atoms with Crippen LogP contribution in [0, 0.1) is 12.8 Å². The molecule has 0 N–H and O–H groups in total. The van der Waals surface area contributed by atoms with E-state index in [4.69, 9.17) is 4.11 Å². The predicted molar refractivity (Wildman–Crippen MR) is 36.6 cm³/mol. The molecule has 0 radical (unpaired) electrons. The lowest BCUT2D eigenvalue weighted by Crippen LogP contribution is -1.83. The first-order chi connectivity index (χ1) is 5.41. The molecule has 0 aromatic carbocycles. The van der Waals surface area contributed by atoms with Crippen molar-refractivity contribution in [2.75, 3.05) is 0 Å². The van der Waals surface area contributed by atoms with Gasteiger partial charge in [0.15, 0.2) is 0 Å². The second kappa shape index (κ2) is 2.43. The summed E-state index contributed by atoms with van der Waals surface area (Å²) in [6, 6.07) is 1.03. The van der Waals surface area contributed by atoms with Crippen molar-refractivity contribution in [1.82, 2.24) is 4.98 Å². The Morgan fingerprint density at radius 2 is 2.67 bits per heavy atom. The molecule has 1 rings (SSSR count). The van der Waals surface area contributed by atoms with Gasteiger partial charge in [0.05, 0.1) is 0 Å². The maximum absolute atomic E-state index is 12.4. The summed E-state index contributed by atoms with van der Waals surface area (Å²) in [6.45, 7) is -2.25. The van der Waals surface area contributed by atoms with Crippen molar-refractivity contribution in [3.63, 3.8) is 0 Å². The maximum atomic E-state index is 12.4. The van der Waals surface area contributed by atoms with Crippen LogP contribution < -0.4 is 0 Å². The molecular formula is C6H5BrFN. The van der Waals surface area contributed by atoms with E-state index in [2.05, 4.69) is 20.9 Å². The number of aromatic nitrogens is 1. The lowest BCUT2D eigenvalue weighted by Gasteiger charge is -1.93. The average Bonchev–Trinajstić information content (AvgIpc) is 1.83. The fourth-order valence-electron chi connectivity index (χ4n) is 0.407. The van der Waals surface area contributed by atoms with E-state index in [1.54, 1.807) is 0 Å². The number of halogens is 2.